The Hall–Kier alpha value is -1.50. The van der Waals surface area contributed by atoms with Gasteiger partial charge in [0.25, 0.3) is 0 Å². The molecule has 2 aromatic carbocycles. The Kier molecular flexibility index (Phi) is 4.88. The maximum atomic E-state index is 12.5. The molecule has 2 aromatic rings. The van der Waals surface area contributed by atoms with Crippen molar-refractivity contribution in [3.8, 4) is 5.75 Å². The summed E-state index contributed by atoms with van der Waals surface area (Å²) in [5.41, 5.74) is 8.33. The topological polar surface area (TPSA) is 80.4 Å². The molecule has 3 N–H and O–H groups in total. The van der Waals surface area contributed by atoms with E-state index in [4.69, 9.17) is 5.73 Å². The van der Waals surface area contributed by atoms with Gasteiger partial charge in [-0.15, -0.1) is 11.8 Å². The van der Waals surface area contributed by atoms with Gasteiger partial charge in [-0.05, 0) is 41.8 Å². The van der Waals surface area contributed by atoms with Crippen LogP contribution >= 0.6 is 11.8 Å². The fraction of sp³-hybridized carbons (Fsp3) is 0.368. The number of nitrogens with two attached hydrogens (primary N) is 1. The minimum atomic E-state index is -3.34. The molecule has 0 saturated heterocycles. The van der Waals surface area contributed by atoms with E-state index in [0.717, 1.165) is 11.1 Å². The quantitative estimate of drug-likeness (QED) is 0.856. The average Bonchev–Trinajstić information content (AvgIpc) is 2.59. The minimum absolute atomic E-state index is 0.00512. The third-order valence-corrected chi connectivity index (χ3v) is 8.65. The first-order chi connectivity index (χ1) is 11.7. The van der Waals surface area contributed by atoms with Crippen molar-refractivity contribution < 1.29 is 13.5 Å². The zero-order valence-corrected chi connectivity index (χ0v) is 16.0. The van der Waals surface area contributed by atoms with Gasteiger partial charge in [0.2, 0.25) is 0 Å². The zero-order valence-electron chi connectivity index (χ0n) is 14.3. The molecule has 0 fully saturated rings. The van der Waals surface area contributed by atoms with Crippen molar-refractivity contribution in [2.45, 2.75) is 41.9 Å². The smallest absolute Gasteiger partial charge is 0.187 e. The van der Waals surface area contributed by atoms with Crippen molar-refractivity contribution >= 4 is 21.6 Å². The molecule has 4 nitrogen and oxygen atoms in total. The molecule has 1 aliphatic rings. The van der Waals surface area contributed by atoms with Crippen LogP contribution in [0.4, 0.5) is 0 Å². The molecule has 0 saturated carbocycles. The van der Waals surface area contributed by atoms with E-state index in [1.807, 2.05) is 19.9 Å². The van der Waals surface area contributed by atoms with Crippen LogP contribution < -0.4 is 5.73 Å². The number of hydrogen-bond acceptors (Lipinski definition) is 5. The first-order valence-corrected chi connectivity index (χ1v) is 10.9. The lowest BCUT2D eigenvalue weighted by molar-refractivity contribution is 0.369. The van der Waals surface area contributed by atoms with Gasteiger partial charge in [-0.1, -0.05) is 38.1 Å². The monoisotopic (exact) mass is 377 g/mol. The van der Waals surface area contributed by atoms with Crippen LogP contribution in [0.2, 0.25) is 0 Å². The summed E-state index contributed by atoms with van der Waals surface area (Å²) in [5.74, 6) is 0.233. The fourth-order valence-electron chi connectivity index (χ4n) is 3.37. The number of phenols is 1. The van der Waals surface area contributed by atoms with Crippen molar-refractivity contribution in [3.63, 3.8) is 0 Å². The maximum Gasteiger partial charge on any atom is 0.187 e. The van der Waals surface area contributed by atoms with Gasteiger partial charge in [-0.2, -0.15) is 0 Å². The van der Waals surface area contributed by atoms with E-state index in [-0.39, 0.29) is 27.5 Å². The molecule has 0 aliphatic heterocycles. The summed E-state index contributed by atoms with van der Waals surface area (Å²) in [6.45, 7) is 4.10. The Labute approximate surface area is 153 Å². The molecule has 25 heavy (non-hydrogen) atoms. The number of aromatic hydroxyl groups is 1. The van der Waals surface area contributed by atoms with Gasteiger partial charge >= 0.3 is 0 Å². The molecule has 3 rings (SSSR count). The lowest BCUT2D eigenvalue weighted by Gasteiger charge is -2.43. The fourth-order valence-corrected chi connectivity index (χ4v) is 6.74. The molecule has 0 unspecified atom stereocenters. The van der Waals surface area contributed by atoms with E-state index >= 15 is 0 Å². The summed E-state index contributed by atoms with van der Waals surface area (Å²) in [5, 5.41) is 9.80. The third kappa shape index (κ3) is 3.57. The largest absolute Gasteiger partial charge is 0.508 e. The van der Waals surface area contributed by atoms with E-state index in [1.165, 1.54) is 11.8 Å². The highest BCUT2D eigenvalue weighted by Gasteiger charge is 2.41. The number of thioether (sulfide) groups is 1. The summed E-state index contributed by atoms with van der Waals surface area (Å²) >= 11 is 1.40. The van der Waals surface area contributed by atoms with E-state index < -0.39 is 9.84 Å². The van der Waals surface area contributed by atoms with Gasteiger partial charge in [0.15, 0.2) is 9.84 Å². The van der Waals surface area contributed by atoms with Crippen LogP contribution in [0, 0.1) is 0 Å². The van der Waals surface area contributed by atoms with Gasteiger partial charge < -0.3 is 10.8 Å². The maximum absolute atomic E-state index is 12.5. The van der Waals surface area contributed by atoms with Crippen LogP contribution in [-0.4, -0.2) is 29.9 Å². The minimum Gasteiger partial charge on any atom is -0.508 e. The number of sulfone groups is 1. The summed E-state index contributed by atoms with van der Waals surface area (Å²) in [7, 11) is -3.34. The molecule has 0 bridgehead atoms. The second-order valence-corrected chi connectivity index (χ2v) is 10.6. The first kappa shape index (κ1) is 18.3. The molecule has 2 atom stereocenters. The van der Waals surface area contributed by atoms with Crippen LogP contribution in [0.5, 0.6) is 5.75 Å². The number of hydrogen-bond donors (Lipinski definition) is 2. The van der Waals surface area contributed by atoms with Crippen molar-refractivity contribution in [1.29, 1.82) is 0 Å². The van der Waals surface area contributed by atoms with Crippen molar-refractivity contribution in [3.05, 3.63) is 59.7 Å². The summed E-state index contributed by atoms with van der Waals surface area (Å²) in [6.07, 6.45) is 0.704. The Morgan fingerprint density at radius 2 is 1.88 bits per heavy atom. The van der Waals surface area contributed by atoms with Gasteiger partial charge in [0.1, 0.15) is 10.8 Å². The predicted molar refractivity (Wildman–Crippen MR) is 103 cm³/mol. The molecular formula is C19H23NO3S2. The molecule has 1 aliphatic carbocycles. The number of fused-ring (bicyclic) bond motifs is 1. The average molecular weight is 378 g/mol. The second kappa shape index (κ2) is 6.67. The molecule has 6 heteroatoms. The SMILES string of the molecule is CC1(C)c2cc(O)ccc2C[C@@H](SCS(=O)(=O)c2ccccc2)[C@@H]1N. The molecule has 0 radical (unpaired) electrons. The lowest BCUT2D eigenvalue weighted by atomic mass is 9.69. The Bertz CT molecular complexity index is 863. The van der Waals surface area contributed by atoms with Gasteiger partial charge in [0.05, 0.1) is 4.90 Å². The highest BCUT2D eigenvalue weighted by Crippen LogP contribution is 2.42. The summed E-state index contributed by atoms with van der Waals surface area (Å²) in [4.78, 5) is 0.344. The lowest BCUT2D eigenvalue weighted by Crippen LogP contribution is -2.52. The molecular weight excluding hydrogens is 354 g/mol. The van der Waals surface area contributed by atoms with Crippen molar-refractivity contribution in [2.24, 2.45) is 5.73 Å². The zero-order chi connectivity index (χ0) is 18.2. The van der Waals surface area contributed by atoms with Crippen molar-refractivity contribution in [1.82, 2.24) is 0 Å². The van der Waals surface area contributed by atoms with Crippen LogP contribution in [0.1, 0.15) is 25.0 Å². The Morgan fingerprint density at radius 3 is 2.56 bits per heavy atom. The van der Waals surface area contributed by atoms with Crippen LogP contribution in [0.3, 0.4) is 0 Å². The summed E-state index contributed by atoms with van der Waals surface area (Å²) in [6, 6.07) is 13.7. The van der Waals surface area contributed by atoms with E-state index in [1.54, 1.807) is 42.5 Å². The number of benzene rings is 2. The normalized spacial score (nSPS) is 22.4. The number of rotatable bonds is 4. The molecule has 134 valence electrons. The van der Waals surface area contributed by atoms with Crippen LogP contribution in [0.15, 0.2) is 53.4 Å². The molecule has 0 amide bonds. The molecule has 0 heterocycles. The highest BCUT2D eigenvalue weighted by molar-refractivity contribution is 8.12. The standard InChI is InChI=1S/C19H23NO3S2/c1-19(2)16-11-14(21)9-8-13(16)10-17(18(19)20)24-12-25(22,23)15-6-4-3-5-7-15/h3-9,11,17-18,21H,10,12,20H2,1-2H3/t17-,18+/m1/s1. The molecule has 0 spiro atoms. The van der Waals surface area contributed by atoms with Crippen LogP contribution in [0.25, 0.3) is 0 Å². The highest BCUT2D eigenvalue weighted by atomic mass is 32.3. The number of phenolic OH excluding ortho intramolecular Hbond substituents is 1. The summed E-state index contributed by atoms with van der Waals surface area (Å²) < 4.78 is 25.1. The Morgan fingerprint density at radius 1 is 1.20 bits per heavy atom. The van der Waals surface area contributed by atoms with Gasteiger partial charge in [-0.3, -0.25) is 0 Å². The van der Waals surface area contributed by atoms with Gasteiger partial charge in [0, 0.05) is 16.7 Å². The van der Waals surface area contributed by atoms with Gasteiger partial charge in [-0.25, -0.2) is 8.42 Å². The predicted octanol–water partition coefficient (Wildman–Crippen LogP) is 3.09. The van der Waals surface area contributed by atoms with Crippen molar-refractivity contribution in [2.75, 3.05) is 5.08 Å². The van der Waals surface area contributed by atoms with Crippen LogP contribution in [-0.2, 0) is 21.7 Å². The van der Waals surface area contributed by atoms with E-state index in [0.29, 0.717) is 11.3 Å². The third-order valence-electron chi connectivity index (χ3n) is 4.98. The second-order valence-electron chi connectivity index (χ2n) is 7.04. The first-order valence-electron chi connectivity index (χ1n) is 8.19. The Balaban J connectivity index is 1.81. The van der Waals surface area contributed by atoms with E-state index in [2.05, 4.69) is 0 Å². The molecule has 0 aromatic heterocycles. The van der Waals surface area contributed by atoms with E-state index in [9.17, 15) is 13.5 Å².